The van der Waals surface area contributed by atoms with Gasteiger partial charge in [0.1, 0.15) is 5.60 Å². The monoisotopic (exact) mass is 244 g/mol. The number of carbonyl (C=O) groups is 1. The molecule has 1 aliphatic carbocycles. The fourth-order valence-electron chi connectivity index (χ4n) is 2.12. The number of amides is 1. The van der Waals surface area contributed by atoms with Crippen molar-refractivity contribution in [2.24, 2.45) is 11.7 Å². The van der Waals surface area contributed by atoms with Gasteiger partial charge in [-0.25, -0.2) is 4.79 Å². The zero-order valence-corrected chi connectivity index (χ0v) is 10.9. The number of nitrogens with one attached hydrogen (secondary N) is 1. The molecule has 100 valence electrons. The summed E-state index contributed by atoms with van der Waals surface area (Å²) < 4.78 is 5.20. The van der Waals surface area contributed by atoms with Crippen LogP contribution in [0.1, 0.15) is 40.0 Å². The van der Waals surface area contributed by atoms with Crippen molar-refractivity contribution in [2.75, 3.05) is 6.61 Å². The number of alkyl carbamates (subject to hydrolysis) is 1. The Labute approximate surface area is 103 Å². The van der Waals surface area contributed by atoms with E-state index in [4.69, 9.17) is 10.5 Å². The van der Waals surface area contributed by atoms with Crippen LogP contribution in [0.5, 0.6) is 0 Å². The first-order valence-corrected chi connectivity index (χ1v) is 6.18. The summed E-state index contributed by atoms with van der Waals surface area (Å²) in [5.41, 5.74) is 5.37. The first-order valence-electron chi connectivity index (χ1n) is 6.18. The second-order valence-electron chi connectivity index (χ2n) is 5.77. The smallest absolute Gasteiger partial charge is 0.407 e. The second-order valence-corrected chi connectivity index (χ2v) is 5.77. The molecule has 1 rings (SSSR count). The lowest BCUT2D eigenvalue weighted by Crippen LogP contribution is -2.49. The van der Waals surface area contributed by atoms with Gasteiger partial charge in [-0.2, -0.15) is 0 Å². The number of ether oxygens (including phenoxy) is 1. The average molecular weight is 244 g/mol. The summed E-state index contributed by atoms with van der Waals surface area (Å²) >= 11 is 0. The maximum absolute atomic E-state index is 11.6. The molecular formula is C12H24N2O3. The van der Waals surface area contributed by atoms with E-state index in [-0.39, 0.29) is 24.6 Å². The molecule has 4 N–H and O–H groups in total. The maximum atomic E-state index is 11.6. The first kappa shape index (κ1) is 14.3. The van der Waals surface area contributed by atoms with E-state index in [0.29, 0.717) is 6.42 Å². The Balaban J connectivity index is 2.49. The molecule has 5 nitrogen and oxygen atoms in total. The number of nitrogens with two attached hydrogens (primary N) is 1. The molecule has 0 aromatic rings. The van der Waals surface area contributed by atoms with Crippen LogP contribution in [0.2, 0.25) is 0 Å². The summed E-state index contributed by atoms with van der Waals surface area (Å²) in [5, 5.41) is 12.1. The Hall–Kier alpha value is -0.810. The zero-order chi connectivity index (χ0) is 13.1. The number of hydrogen-bond donors (Lipinski definition) is 3. The Morgan fingerprint density at radius 1 is 1.47 bits per heavy atom. The minimum absolute atomic E-state index is 0.0766. The van der Waals surface area contributed by atoms with Crippen LogP contribution in [-0.4, -0.2) is 35.5 Å². The molecule has 0 bridgehead atoms. The molecule has 1 fully saturated rings. The van der Waals surface area contributed by atoms with Crippen LogP contribution in [0.4, 0.5) is 4.79 Å². The van der Waals surface area contributed by atoms with Gasteiger partial charge >= 0.3 is 6.09 Å². The van der Waals surface area contributed by atoms with Crippen molar-refractivity contribution in [1.29, 1.82) is 0 Å². The molecule has 0 heterocycles. The van der Waals surface area contributed by atoms with E-state index in [1.54, 1.807) is 0 Å². The van der Waals surface area contributed by atoms with Gasteiger partial charge in [0, 0.05) is 24.6 Å². The molecule has 0 aromatic carbocycles. The molecule has 3 atom stereocenters. The van der Waals surface area contributed by atoms with Crippen molar-refractivity contribution >= 4 is 6.09 Å². The predicted molar refractivity (Wildman–Crippen MR) is 65.6 cm³/mol. The fraction of sp³-hybridized carbons (Fsp3) is 0.917. The van der Waals surface area contributed by atoms with E-state index in [1.165, 1.54) is 0 Å². The van der Waals surface area contributed by atoms with E-state index in [0.717, 1.165) is 12.8 Å². The van der Waals surface area contributed by atoms with E-state index < -0.39 is 11.7 Å². The van der Waals surface area contributed by atoms with Crippen molar-refractivity contribution in [2.45, 2.75) is 57.7 Å². The standard InChI is InChI=1S/C12H24N2O3/c1-12(2,3)17-11(16)14-10-6-9(13)5-4-8(10)7-15/h8-10,15H,4-7,13H2,1-3H3,(H,14,16). The zero-order valence-electron chi connectivity index (χ0n) is 10.9. The fourth-order valence-corrected chi connectivity index (χ4v) is 2.12. The highest BCUT2D eigenvalue weighted by atomic mass is 16.6. The minimum atomic E-state index is -0.504. The van der Waals surface area contributed by atoms with Crippen LogP contribution in [0.25, 0.3) is 0 Å². The average Bonchev–Trinajstić information content (AvgIpc) is 2.14. The van der Waals surface area contributed by atoms with Crippen molar-refractivity contribution in [3.63, 3.8) is 0 Å². The first-order chi connectivity index (χ1) is 7.81. The highest BCUT2D eigenvalue weighted by Crippen LogP contribution is 2.23. The van der Waals surface area contributed by atoms with Gasteiger partial charge < -0.3 is 20.9 Å². The van der Waals surface area contributed by atoms with Crippen LogP contribution in [-0.2, 0) is 4.74 Å². The summed E-state index contributed by atoms with van der Waals surface area (Å²) in [6.45, 7) is 5.54. The number of rotatable bonds is 2. The highest BCUT2D eigenvalue weighted by Gasteiger charge is 2.30. The minimum Gasteiger partial charge on any atom is -0.444 e. The summed E-state index contributed by atoms with van der Waals surface area (Å²) in [4.78, 5) is 11.6. The third-order valence-corrected chi connectivity index (χ3v) is 2.97. The Bertz CT molecular complexity index is 263. The van der Waals surface area contributed by atoms with E-state index >= 15 is 0 Å². The molecule has 0 radical (unpaired) electrons. The van der Waals surface area contributed by atoms with Gasteiger partial charge in [0.05, 0.1) is 0 Å². The number of aliphatic hydroxyl groups is 1. The lowest BCUT2D eigenvalue weighted by molar-refractivity contribution is 0.0439. The van der Waals surface area contributed by atoms with Crippen LogP contribution in [0, 0.1) is 5.92 Å². The van der Waals surface area contributed by atoms with Gasteiger partial charge in [-0.05, 0) is 40.0 Å². The van der Waals surface area contributed by atoms with E-state index in [1.807, 2.05) is 20.8 Å². The van der Waals surface area contributed by atoms with Gasteiger partial charge in [-0.1, -0.05) is 0 Å². The Morgan fingerprint density at radius 2 is 2.12 bits per heavy atom. The van der Waals surface area contributed by atoms with Crippen LogP contribution in [0.15, 0.2) is 0 Å². The number of carbonyl (C=O) groups excluding carboxylic acids is 1. The highest BCUT2D eigenvalue weighted by molar-refractivity contribution is 5.68. The van der Waals surface area contributed by atoms with Crippen molar-refractivity contribution in [3.8, 4) is 0 Å². The van der Waals surface area contributed by atoms with Gasteiger partial charge in [-0.15, -0.1) is 0 Å². The van der Waals surface area contributed by atoms with Gasteiger partial charge in [0.2, 0.25) is 0 Å². The second kappa shape index (κ2) is 5.69. The van der Waals surface area contributed by atoms with Crippen molar-refractivity contribution < 1.29 is 14.6 Å². The van der Waals surface area contributed by atoms with Crippen LogP contribution < -0.4 is 11.1 Å². The molecule has 1 aliphatic rings. The molecule has 5 heteroatoms. The maximum Gasteiger partial charge on any atom is 0.407 e. The Morgan fingerprint density at radius 3 is 2.65 bits per heavy atom. The van der Waals surface area contributed by atoms with Gasteiger partial charge in [0.25, 0.3) is 0 Å². The lowest BCUT2D eigenvalue weighted by atomic mass is 9.82. The third-order valence-electron chi connectivity index (χ3n) is 2.97. The molecule has 1 amide bonds. The summed E-state index contributed by atoms with van der Waals surface area (Å²) in [6.07, 6.45) is 2.01. The van der Waals surface area contributed by atoms with Crippen molar-refractivity contribution in [3.05, 3.63) is 0 Å². The molecular weight excluding hydrogens is 220 g/mol. The quantitative estimate of drug-likeness (QED) is 0.676. The number of hydrogen-bond acceptors (Lipinski definition) is 4. The Kier molecular flexibility index (Phi) is 4.77. The van der Waals surface area contributed by atoms with E-state index in [2.05, 4.69) is 5.32 Å². The van der Waals surface area contributed by atoms with Gasteiger partial charge in [0.15, 0.2) is 0 Å². The van der Waals surface area contributed by atoms with Crippen LogP contribution >= 0.6 is 0 Å². The number of aliphatic hydroxyl groups excluding tert-OH is 1. The molecule has 17 heavy (non-hydrogen) atoms. The van der Waals surface area contributed by atoms with Crippen LogP contribution in [0.3, 0.4) is 0 Å². The van der Waals surface area contributed by atoms with E-state index in [9.17, 15) is 9.90 Å². The van der Waals surface area contributed by atoms with Crippen molar-refractivity contribution in [1.82, 2.24) is 5.32 Å². The molecule has 0 saturated heterocycles. The summed E-state index contributed by atoms with van der Waals surface area (Å²) in [5.74, 6) is 0.0855. The molecule has 0 aromatic heterocycles. The topological polar surface area (TPSA) is 84.6 Å². The predicted octanol–water partition coefficient (Wildman–Crippen LogP) is 0.999. The molecule has 0 spiro atoms. The molecule has 0 aliphatic heterocycles. The largest absolute Gasteiger partial charge is 0.444 e. The normalized spacial score (nSPS) is 29.8. The third kappa shape index (κ3) is 4.91. The molecule has 3 unspecified atom stereocenters. The van der Waals surface area contributed by atoms with Gasteiger partial charge in [-0.3, -0.25) is 0 Å². The lowest BCUT2D eigenvalue weighted by Gasteiger charge is -2.34. The summed E-state index contributed by atoms with van der Waals surface area (Å²) in [6, 6.07) is 0.0105. The molecule has 1 saturated carbocycles. The summed E-state index contributed by atoms with van der Waals surface area (Å²) in [7, 11) is 0. The SMILES string of the molecule is CC(C)(C)OC(=O)NC1CC(N)CCC1CO.